The fourth-order valence-corrected chi connectivity index (χ4v) is 2.38. The van der Waals surface area contributed by atoms with Gasteiger partial charge in [-0.15, -0.1) is 6.42 Å². The van der Waals surface area contributed by atoms with Crippen LogP contribution in [-0.2, 0) is 11.2 Å². The third-order valence-corrected chi connectivity index (χ3v) is 3.39. The van der Waals surface area contributed by atoms with E-state index < -0.39 is 0 Å². The molecule has 2 heteroatoms. The molecule has 0 spiro atoms. The normalized spacial score (nSPS) is 16.5. The molecule has 1 aliphatic rings. The van der Waals surface area contributed by atoms with E-state index in [0.29, 0.717) is 5.92 Å². The van der Waals surface area contributed by atoms with Gasteiger partial charge in [0, 0.05) is 13.1 Å². The number of benzene rings is 1. The Morgan fingerprint density at radius 2 is 1.94 bits per heavy atom. The van der Waals surface area contributed by atoms with Crippen LogP contribution in [0, 0.1) is 18.3 Å². The van der Waals surface area contributed by atoms with Crippen LogP contribution in [-0.4, -0.2) is 23.9 Å². The summed E-state index contributed by atoms with van der Waals surface area (Å²) < 4.78 is 0. The molecule has 1 saturated heterocycles. The lowest BCUT2D eigenvalue weighted by atomic mass is 9.90. The van der Waals surface area contributed by atoms with Crippen LogP contribution in [0.25, 0.3) is 0 Å². The van der Waals surface area contributed by atoms with Crippen LogP contribution < -0.4 is 0 Å². The minimum Gasteiger partial charge on any atom is -0.332 e. The lowest BCUT2D eigenvalue weighted by Crippen LogP contribution is -2.38. The highest BCUT2D eigenvalue weighted by atomic mass is 16.2. The van der Waals surface area contributed by atoms with E-state index in [1.807, 2.05) is 6.07 Å². The molecule has 1 aromatic rings. The van der Waals surface area contributed by atoms with Gasteiger partial charge in [0.15, 0.2) is 0 Å². The summed E-state index contributed by atoms with van der Waals surface area (Å²) in [6, 6.07) is 10.5. The summed E-state index contributed by atoms with van der Waals surface area (Å²) in [4.78, 5) is 13.1. The van der Waals surface area contributed by atoms with Crippen molar-refractivity contribution in [1.29, 1.82) is 0 Å². The van der Waals surface area contributed by atoms with Crippen LogP contribution in [0.4, 0.5) is 0 Å². The molecule has 1 fully saturated rings. The van der Waals surface area contributed by atoms with E-state index in [1.165, 1.54) is 5.56 Å². The zero-order chi connectivity index (χ0) is 12.1. The highest BCUT2D eigenvalue weighted by Gasteiger charge is 2.21. The van der Waals surface area contributed by atoms with E-state index in [4.69, 9.17) is 6.42 Å². The topological polar surface area (TPSA) is 20.3 Å². The first-order valence-electron chi connectivity index (χ1n) is 6.09. The Balaban J connectivity index is 1.84. The van der Waals surface area contributed by atoms with E-state index in [2.05, 4.69) is 30.2 Å². The van der Waals surface area contributed by atoms with Crippen molar-refractivity contribution < 1.29 is 4.79 Å². The molecular formula is C15H17NO. The van der Waals surface area contributed by atoms with Crippen LogP contribution in [0.2, 0.25) is 0 Å². The lowest BCUT2D eigenvalue weighted by Gasteiger charge is -2.30. The lowest BCUT2D eigenvalue weighted by molar-refractivity contribution is -0.126. The van der Waals surface area contributed by atoms with Gasteiger partial charge in [0.05, 0.1) is 0 Å². The van der Waals surface area contributed by atoms with Gasteiger partial charge in [0.1, 0.15) is 0 Å². The van der Waals surface area contributed by atoms with Crippen molar-refractivity contribution in [2.75, 3.05) is 13.1 Å². The van der Waals surface area contributed by atoms with Gasteiger partial charge in [-0.2, -0.15) is 0 Å². The Labute approximate surface area is 103 Å². The highest BCUT2D eigenvalue weighted by molar-refractivity contribution is 5.92. The Morgan fingerprint density at radius 1 is 1.29 bits per heavy atom. The Morgan fingerprint density at radius 3 is 2.53 bits per heavy atom. The number of carbonyl (C=O) groups is 1. The average Bonchev–Trinajstić information content (AvgIpc) is 2.40. The minimum atomic E-state index is -0.164. The second-order valence-electron chi connectivity index (χ2n) is 4.57. The predicted octanol–water partition coefficient (Wildman–Crippen LogP) is 2.10. The molecule has 1 aromatic carbocycles. The minimum absolute atomic E-state index is 0.164. The maximum atomic E-state index is 11.3. The molecule has 2 rings (SSSR count). The van der Waals surface area contributed by atoms with Crippen molar-refractivity contribution in [2.45, 2.75) is 19.3 Å². The van der Waals surface area contributed by atoms with Gasteiger partial charge in [-0.25, -0.2) is 0 Å². The molecule has 0 bridgehead atoms. The first-order valence-corrected chi connectivity index (χ1v) is 6.09. The van der Waals surface area contributed by atoms with E-state index in [9.17, 15) is 4.79 Å². The molecule has 0 atom stereocenters. The van der Waals surface area contributed by atoms with Crippen LogP contribution >= 0.6 is 0 Å². The van der Waals surface area contributed by atoms with Crippen LogP contribution in [0.15, 0.2) is 30.3 Å². The number of terminal acetylenes is 1. The monoisotopic (exact) mass is 227 g/mol. The number of nitrogens with zero attached hydrogens (tertiary/aromatic N) is 1. The number of likely N-dealkylation sites (tertiary alicyclic amines) is 1. The second-order valence-corrected chi connectivity index (χ2v) is 4.57. The SMILES string of the molecule is C#CC(=O)N1CCC(Cc2ccccc2)CC1. The third-order valence-electron chi connectivity index (χ3n) is 3.39. The number of rotatable bonds is 2. The van der Waals surface area contributed by atoms with E-state index in [-0.39, 0.29) is 5.91 Å². The van der Waals surface area contributed by atoms with Crippen LogP contribution in [0.1, 0.15) is 18.4 Å². The van der Waals surface area contributed by atoms with Crippen LogP contribution in [0.3, 0.4) is 0 Å². The zero-order valence-electron chi connectivity index (χ0n) is 9.93. The quantitative estimate of drug-likeness (QED) is 0.709. The van der Waals surface area contributed by atoms with Crippen molar-refractivity contribution in [3.8, 4) is 12.3 Å². The first kappa shape index (κ1) is 11.7. The Hall–Kier alpha value is -1.75. The van der Waals surface area contributed by atoms with Gasteiger partial charge < -0.3 is 4.90 Å². The van der Waals surface area contributed by atoms with Crippen molar-refractivity contribution >= 4 is 5.91 Å². The standard InChI is InChI=1S/C15H17NO/c1-2-15(17)16-10-8-14(9-11-16)12-13-6-4-3-5-7-13/h1,3-7,14H,8-12H2. The molecule has 0 unspecified atom stereocenters. The molecule has 0 saturated carbocycles. The zero-order valence-corrected chi connectivity index (χ0v) is 9.93. The molecule has 1 aliphatic heterocycles. The molecular weight excluding hydrogens is 210 g/mol. The summed E-state index contributed by atoms with van der Waals surface area (Å²) in [7, 11) is 0. The summed E-state index contributed by atoms with van der Waals surface area (Å²) in [5.74, 6) is 2.70. The molecule has 17 heavy (non-hydrogen) atoms. The Kier molecular flexibility index (Phi) is 3.82. The number of hydrogen-bond donors (Lipinski definition) is 0. The average molecular weight is 227 g/mol. The largest absolute Gasteiger partial charge is 0.332 e. The number of piperidine rings is 1. The molecule has 0 aromatic heterocycles. The smallest absolute Gasteiger partial charge is 0.298 e. The summed E-state index contributed by atoms with van der Waals surface area (Å²) in [6.07, 6.45) is 8.35. The van der Waals surface area contributed by atoms with Crippen molar-refractivity contribution in [2.24, 2.45) is 5.92 Å². The molecule has 1 heterocycles. The van der Waals surface area contributed by atoms with Gasteiger partial charge >= 0.3 is 0 Å². The van der Waals surface area contributed by atoms with Gasteiger partial charge in [-0.05, 0) is 36.7 Å². The number of amides is 1. The van der Waals surface area contributed by atoms with Gasteiger partial charge in [0.2, 0.25) is 0 Å². The molecule has 88 valence electrons. The fraction of sp³-hybridized carbons (Fsp3) is 0.400. The summed E-state index contributed by atoms with van der Waals surface area (Å²) in [6.45, 7) is 1.61. The molecule has 0 N–H and O–H groups in total. The molecule has 0 radical (unpaired) electrons. The second kappa shape index (κ2) is 5.54. The highest BCUT2D eigenvalue weighted by Crippen LogP contribution is 2.21. The molecule has 0 aliphatic carbocycles. The van der Waals surface area contributed by atoms with Gasteiger partial charge in [0.25, 0.3) is 5.91 Å². The predicted molar refractivity (Wildman–Crippen MR) is 68.3 cm³/mol. The third kappa shape index (κ3) is 3.10. The van der Waals surface area contributed by atoms with Crippen LogP contribution in [0.5, 0.6) is 0 Å². The van der Waals surface area contributed by atoms with E-state index >= 15 is 0 Å². The van der Waals surface area contributed by atoms with Gasteiger partial charge in [-0.1, -0.05) is 30.3 Å². The summed E-state index contributed by atoms with van der Waals surface area (Å²) in [5, 5.41) is 0. The Bertz CT molecular complexity index is 410. The summed E-state index contributed by atoms with van der Waals surface area (Å²) >= 11 is 0. The van der Waals surface area contributed by atoms with Crippen molar-refractivity contribution in [3.63, 3.8) is 0 Å². The van der Waals surface area contributed by atoms with Crippen molar-refractivity contribution in [1.82, 2.24) is 4.90 Å². The maximum Gasteiger partial charge on any atom is 0.298 e. The number of carbonyl (C=O) groups excluding carboxylic acids is 1. The van der Waals surface area contributed by atoms with E-state index in [0.717, 1.165) is 32.4 Å². The van der Waals surface area contributed by atoms with Crippen molar-refractivity contribution in [3.05, 3.63) is 35.9 Å². The maximum absolute atomic E-state index is 11.3. The summed E-state index contributed by atoms with van der Waals surface area (Å²) in [5.41, 5.74) is 1.38. The fourth-order valence-electron chi connectivity index (χ4n) is 2.38. The molecule has 2 nitrogen and oxygen atoms in total. The van der Waals surface area contributed by atoms with E-state index in [1.54, 1.807) is 4.90 Å². The van der Waals surface area contributed by atoms with Gasteiger partial charge in [-0.3, -0.25) is 4.79 Å². The molecule has 1 amide bonds. The first-order chi connectivity index (χ1) is 8.29. The number of hydrogen-bond acceptors (Lipinski definition) is 1.